The van der Waals surface area contributed by atoms with Crippen molar-refractivity contribution in [1.82, 2.24) is 10.1 Å². The Morgan fingerprint density at radius 1 is 1.30 bits per heavy atom. The molecular weight excluding hydrogens is 259 g/mol. The monoisotopic (exact) mass is 278 g/mol. The lowest BCUT2D eigenvalue weighted by Gasteiger charge is -2.36. The van der Waals surface area contributed by atoms with Crippen LogP contribution in [0.3, 0.4) is 0 Å². The van der Waals surface area contributed by atoms with E-state index >= 15 is 0 Å². The van der Waals surface area contributed by atoms with Gasteiger partial charge in [-0.25, -0.2) is 4.39 Å². The maximum Gasteiger partial charge on any atom is 0.170 e. The van der Waals surface area contributed by atoms with Gasteiger partial charge in [-0.05, 0) is 13.0 Å². The Hall–Kier alpha value is -1.66. The van der Waals surface area contributed by atoms with E-state index in [2.05, 4.69) is 15.0 Å². The van der Waals surface area contributed by atoms with Crippen molar-refractivity contribution in [1.29, 1.82) is 0 Å². The number of halogens is 1. The molecule has 0 amide bonds. The van der Waals surface area contributed by atoms with Crippen LogP contribution < -0.4 is 10.6 Å². The normalized spacial score (nSPS) is 17.1. The quantitative estimate of drug-likeness (QED) is 0.918. The first-order valence-electron chi connectivity index (χ1n) is 6.92. The van der Waals surface area contributed by atoms with Crippen LogP contribution in [0.15, 0.2) is 16.7 Å². The predicted octanol–water partition coefficient (Wildman–Crippen LogP) is 1.36. The summed E-state index contributed by atoms with van der Waals surface area (Å²) < 4.78 is 19.3. The molecule has 1 fully saturated rings. The Balaban J connectivity index is 1.83. The number of nitrogens with zero attached hydrogens (tertiary/aromatic N) is 3. The average Bonchev–Trinajstić information content (AvgIpc) is 2.80. The summed E-state index contributed by atoms with van der Waals surface area (Å²) in [7, 11) is 0. The molecule has 1 aliphatic rings. The Labute approximate surface area is 117 Å². The number of fused-ring (bicyclic) bond motifs is 1. The minimum absolute atomic E-state index is 0.249. The zero-order valence-corrected chi connectivity index (χ0v) is 11.6. The molecule has 0 aliphatic carbocycles. The second-order valence-corrected chi connectivity index (χ2v) is 5.19. The molecule has 5 nitrogen and oxygen atoms in total. The molecule has 2 heterocycles. The van der Waals surface area contributed by atoms with Gasteiger partial charge in [0.2, 0.25) is 0 Å². The highest BCUT2D eigenvalue weighted by molar-refractivity contribution is 5.83. The number of aryl methyl sites for hydroxylation is 1. The van der Waals surface area contributed by atoms with Crippen LogP contribution in [0.1, 0.15) is 5.69 Å². The minimum Gasteiger partial charge on any atom is -0.367 e. The topological polar surface area (TPSA) is 58.5 Å². The molecule has 2 aromatic rings. The fourth-order valence-corrected chi connectivity index (χ4v) is 2.71. The Kier molecular flexibility index (Phi) is 3.58. The maximum absolute atomic E-state index is 14.2. The lowest BCUT2D eigenvalue weighted by atomic mass is 10.1. The molecule has 1 aromatic heterocycles. The molecule has 20 heavy (non-hydrogen) atoms. The van der Waals surface area contributed by atoms with Crippen LogP contribution in [-0.2, 0) is 0 Å². The number of hydrogen-bond donors (Lipinski definition) is 1. The summed E-state index contributed by atoms with van der Waals surface area (Å²) in [5.74, 6) is -0.249. The van der Waals surface area contributed by atoms with Crippen molar-refractivity contribution in [3.05, 3.63) is 23.6 Å². The molecular formula is C14H19FN4O. The standard InChI is InChI=1S/C14H19FN4O/c1-10-11-8-13(12(15)9-14(11)20-17-10)19-6-4-18(3-2-16)5-7-19/h8-9H,2-7,16H2,1H3. The van der Waals surface area contributed by atoms with E-state index in [0.29, 0.717) is 17.8 Å². The van der Waals surface area contributed by atoms with E-state index in [1.807, 2.05) is 13.0 Å². The summed E-state index contributed by atoms with van der Waals surface area (Å²) in [6.45, 7) is 6.89. The smallest absolute Gasteiger partial charge is 0.170 e. The summed E-state index contributed by atoms with van der Waals surface area (Å²) in [4.78, 5) is 4.38. The molecule has 0 radical (unpaired) electrons. The SMILES string of the molecule is Cc1noc2cc(F)c(N3CCN(CCN)CC3)cc12. The van der Waals surface area contributed by atoms with Crippen molar-refractivity contribution in [2.24, 2.45) is 5.73 Å². The van der Waals surface area contributed by atoms with Crippen LogP contribution in [0.2, 0.25) is 0 Å². The van der Waals surface area contributed by atoms with Crippen LogP contribution in [-0.4, -0.2) is 49.3 Å². The third-order valence-corrected chi connectivity index (χ3v) is 3.88. The molecule has 0 spiro atoms. The Morgan fingerprint density at radius 3 is 2.75 bits per heavy atom. The summed E-state index contributed by atoms with van der Waals surface area (Å²) in [6, 6.07) is 3.27. The van der Waals surface area contributed by atoms with Crippen LogP contribution in [0, 0.1) is 12.7 Å². The van der Waals surface area contributed by atoms with Gasteiger partial charge in [-0.2, -0.15) is 0 Å². The molecule has 6 heteroatoms. The number of aromatic nitrogens is 1. The molecule has 108 valence electrons. The third-order valence-electron chi connectivity index (χ3n) is 3.88. The molecule has 3 rings (SSSR count). The largest absolute Gasteiger partial charge is 0.367 e. The van der Waals surface area contributed by atoms with Gasteiger partial charge in [-0.1, -0.05) is 5.16 Å². The van der Waals surface area contributed by atoms with Gasteiger partial charge in [0, 0.05) is 50.7 Å². The average molecular weight is 278 g/mol. The summed E-state index contributed by atoms with van der Waals surface area (Å²) in [5.41, 5.74) is 7.50. The molecule has 0 bridgehead atoms. The van der Waals surface area contributed by atoms with E-state index in [1.165, 1.54) is 6.07 Å². The zero-order valence-electron chi connectivity index (χ0n) is 11.6. The third kappa shape index (κ3) is 2.36. The van der Waals surface area contributed by atoms with E-state index < -0.39 is 0 Å². The maximum atomic E-state index is 14.2. The van der Waals surface area contributed by atoms with E-state index in [0.717, 1.165) is 43.8 Å². The first-order chi connectivity index (χ1) is 9.69. The van der Waals surface area contributed by atoms with Crippen molar-refractivity contribution >= 4 is 16.7 Å². The molecule has 1 aliphatic heterocycles. The molecule has 2 N–H and O–H groups in total. The van der Waals surface area contributed by atoms with E-state index in [-0.39, 0.29) is 5.82 Å². The van der Waals surface area contributed by atoms with Crippen LogP contribution >= 0.6 is 0 Å². The van der Waals surface area contributed by atoms with Crippen molar-refractivity contribution < 1.29 is 8.91 Å². The highest BCUT2D eigenvalue weighted by atomic mass is 19.1. The molecule has 0 saturated carbocycles. The van der Waals surface area contributed by atoms with Gasteiger partial charge in [-0.3, -0.25) is 4.90 Å². The number of nitrogens with two attached hydrogens (primary N) is 1. The van der Waals surface area contributed by atoms with E-state index in [1.54, 1.807) is 0 Å². The lowest BCUT2D eigenvalue weighted by molar-refractivity contribution is 0.264. The number of benzene rings is 1. The first kappa shape index (κ1) is 13.3. The number of hydrogen-bond acceptors (Lipinski definition) is 5. The summed E-state index contributed by atoms with van der Waals surface area (Å²) in [6.07, 6.45) is 0. The van der Waals surface area contributed by atoms with Crippen molar-refractivity contribution in [2.75, 3.05) is 44.2 Å². The zero-order chi connectivity index (χ0) is 14.1. The van der Waals surface area contributed by atoms with Gasteiger partial charge in [0.25, 0.3) is 0 Å². The van der Waals surface area contributed by atoms with Gasteiger partial charge < -0.3 is 15.2 Å². The number of rotatable bonds is 3. The first-order valence-corrected chi connectivity index (χ1v) is 6.92. The summed E-state index contributed by atoms with van der Waals surface area (Å²) >= 11 is 0. The number of piperazine rings is 1. The van der Waals surface area contributed by atoms with Crippen LogP contribution in [0.4, 0.5) is 10.1 Å². The second kappa shape index (κ2) is 5.38. The summed E-state index contributed by atoms with van der Waals surface area (Å²) in [5, 5.41) is 4.76. The van der Waals surface area contributed by atoms with Gasteiger partial charge in [-0.15, -0.1) is 0 Å². The van der Waals surface area contributed by atoms with E-state index in [9.17, 15) is 4.39 Å². The van der Waals surface area contributed by atoms with Gasteiger partial charge >= 0.3 is 0 Å². The molecule has 0 unspecified atom stereocenters. The Morgan fingerprint density at radius 2 is 2.05 bits per heavy atom. The fourth-order valence-electron chi connectivity index (χ4n) is 2.71. The molecule has 1 saturated heterocycles. The van der Waals surface area contributed by atoms with Gasteiger partial charge in [0.15, 0.2) is 5.58 Å². The van der Waals surface area contributed by atoms with Gasteiger partial charge in [0.1, 0.15) is 5.82 Å². The van der Waals surface area contributed by atoms with Crippen molar-refractivity contribution in [2.45, 2.75) is 6.92 Å². The van der Waals surface area contributed by atoms with Crippen LogP contribution in [0.5, 0.6) is 0 Å². The Bertz CT molecular complexity index is 604. The van der Waals surface area contributed by atoms with Crippen molar-refractivity contribution in [3.8, 4) is 0 Å². The molecule has 0 atom stereocenters. The highest BCUT2D eigenvalue weighted by Gasteiger charge is 2.20. The molecule has 1 aromatic carbocycles. The fraction of sp³-hybridized carbons (Fsp3) is 0.500. The predicted molar refractivity (Wildman–Crippen MR) is 76.4 cm³/mol. The minimum atomic E-state index is -0.249. The van der Waals surface area contributed by atoms with Crippen molar-refractivity contribution in [3.63, 3.8) is 0 Å². The second-order valence-electron chi connectivity index (χ2n) is 5.19. The van der Waals surface area contributed by atoms with E-state index in [4.69, 9.17) is 10.3 Å². The van der Waals surface area contributed by atoms with Crippen LogP contribution in [0.25, 0.3) is 11.0 Å². The lowest BCUT2D eigenvalue weighted by Crippen LogP contribution is -2.48. The highest BCUT2D eigenvalue weighted by Crippen LogP contribution is 2.28. The van der Waals surface area contributed by atoms with Gasteiger partial charge in [0.05, 0.1) is 11.4 Å². The number of anilines is 1.